The van der Waals surface area contributed by atoms with Gasteiger partial charge in [0.15, 0.2) is 6.23 Å². The van der Waals surface area contributed by atoms with Crippen molar-refractivity contribution in [2.45, 2.75) is 302 Å². The van der Waals surface area contributed by atoms with Crippen LogP contribution in [-0.4, -0.2) is 98.8 Å². The van der Waals surface area contributed by atoms with Crippen molar-refractivity contribution < 1.29 is 44.3 Å². The van der Waals surface area contributed by atoms with Gasteiger partial charge in [0.1, 0.15) is 30.4 Å². The number of carboxylic acid groups (broad SMARTS) is 1. The van der Waals surface area contributed by atoms with E-state index in [0.29, 0.717) is 38.6 Å². The maximum absolute atomic E-state index is 14.2. The SMILES string of the molecule is CCCCCCCCCCCCCCCCCCN(C(=O)CCCCCCCCCCCCCCCCC)[C@@H]1O[C@H](CO)[C@@H](O)[C@H](O)[C@H]1NC(=O)[C@H](CC(C)C)NC(=O)CCCCC(=O)O. The highest BCUT2D eigenvalue weighted by molar-refractivity contribution is 5.88. The second-order valence-corrected chi connectivity index (χ2v) is 20.2. The molecule has 12 nitrogen and oxygen atoms in total. The van der Waals surface area contributed by atoms with Crippen LogP contribution in [0.5, 0.6) is 0 Å². The fourth-order valence-corrected chi connectivity index (χ4v) is 9.33. The number of rotatable bonds is 45. The van der Waals surface area contributed by atoms with Gasteiger partial charge in [-0.3, -0.25) is 19.2 Å². The molecule has 1 heterocycles. The molecule has 6 atom stereocenters. The van der Waals surface area contributed by atoms with Crippen LogP contribution in [0.2, 0.25) is 0 Å². The van der Waals surface area contributed by atoms with Gasteiger partial charge in [-0.05, 0) is 38.0 Å². The average molecular weight is 938 g/mol. The number of aliphatic hydroxyl groups is 3. The Morgan fingerprint density at radius 1 is 0.545 bits per heavy atom. The summed E-state index contributed by atoms with van der Waals surface area (Å²) in [5, 5.41) is 47.4. The van der Waals surface area contributed by atoms with E-state index in [1.165, 1.54) is 148 Å². The van der Waals surface area contributed by atoms with E-state index in [9.17, 15) is 34.5 Å². The Bertz CT molecular complexity index is 1210. The topological polar surface area (TPSA) is 186 Å². The second kappa shape index (κ2) is 41.7. The van der Waals surface area contributed by atoms with Crippen LogP contribution in [0.1, 0.15) is 265 Å². The molecule has 1 rings (SSSR count). The molecular weight excluding hydrogens is 835 g/mol. The van der Waals surface area contributed by atoms with Crippen molar-refractivity contribution in [1.82, 2.24) is 15.5 Å². The first-order valence-corrected chi connectivity index (χ1v) is 27.7. The lowest BCUT2D eigenvalue weighted by Gasteiger charge is -2.47. The smallest absolute Gasteiger partial charge is 0.303 e. The minimum Gasteiger partial charge on any atom is -0.481 e. The molecule has 0 spiro atoms. The van der Waals surface area contributed by atoms with E-state index < -0.39 is 55.1 Å². The molecule has 0 aliphatic carbocycles. The molecule has 66 heavy (non-hydrogen) atoms. The Hall–Kier alpha value is -2.28. The molecule has 0 aromatic carbocycles. The zero-order valence-corrected chi connectivity index (χ0v) is 42.9. The molecule has 3 amide bonds. The quantitative estimate of drug-likeness (QED) is 0.0323. The van der Waals surface area contributed by atoms with Gasteiger partial charge in [0, 0.05) is 25.8 Å². The van der Waals surface area contributed by atoms with E-state index in [4.69, 9.17) is 9.84 Å². The number of amides is 3. The van der Waals surface area contributed by atoms with E-state index in [0.717, 1.165) is 38.5 Å². The van der Waals surface area contributed by atoms with E-state index in [2.05, 4.69) is 24.5 Å². The number of carboxylic acids is 1. The summed E-state index contributed by atoms with van der Waals surface area (Å²) in [7, 11) is 0. The molecule has 388 valence electrons. The minimum atomic E-state index is -1.55. The number of unbranched alkanes of at least 4 members (excludes halogenated alkanes) is 30. The van der Waals surface area contributed by atoms with Crippen LogP contribution >= 0.6 is 0 Å². The highest BCUT2D eigenvalue weighted by atomic mass is 16.5. The average Bonchev–Trinajstić information content (AvgIpc) is 3.29. The van der Waals surface area contributed by atoms with E-state index in [1.54, 1.807) is 4.90 Å². The molecule has 0 radical (unpaired) electrons. The van der Waals surface area contributed by atoms with Crippen LogP contribution in [-0.2, 0) is 23.9 Å². The van der Waals surface area contributed by atoms with E-state index >= 15 is 0 Å². The summed E-state index contributed by atoms with van der Waals surface area (Å²) in [4.78, 5) is 53.6. The number of nitrogens with zero attached hydrogens (tertiary/aromatic N) is 1. The van der Waals surface area contributed by atoms with Crippen molar-refractivity contribution in [2.24, 2.45) is 5.92 Å². The lowest BCUT2D eigenvalue weighted by Crippen LogP contribution is -2.70. The Balaban J connectivity index is 2.89. The highest BCUT2D eigenvalue weighted by Crippen LogP contribution is 2.27. The van der Waals surface area contributed by atoms with Gasteiger partial charge in [0.2, 0.25) is 17.7 Å². The zero-order valence-electron chi connectivity index (χ0n) is 42.9. The van der Waals surface area contributed by atoms with Gasteiger partial charge in [-0.1, -0.05) is 214 Å². The molecule has 1 fully saturated rings. The van der Waals surface area contributed by atoms with Crippen molar-refractivity contribution in [3.8, 4) is 0 Å². The zero-order chi connectivity index (χ0) is 48.6. The fourth-order valence-electron chi connectivity index (χ4n) is 9.33. The summed E-state index contributed by atoms with van der Waals surface area (Å²) in [5.74, 6) is -2.03. The predicted octanol–water partition coefficient (Wildman–Crippen LogP) is 11.4. The van der Waals surface area contributed by atoms with Crippen LogP contribution < -0.4 is 10.6 Å². The molecule has 1 aliphatic rings. The van der Waals surface area contributed by atoms with Crippen molar-refractivity contribution in [2.75, 3.05) is 13.2 Å². The third-order valence-corrected chi connectivity index (χ3v) is 13.5. The van der Waals surface area contributed by atoms with Gasteiger partial charge >= 0.3 is 5.97 Å². The lowest BCUT2D eigenvalue weighted by atomic mass is 9.93. The van der Waals surface area contributed by atoms with E-state index in [1.807, 2.05) is 13.8 Å². The fraction of sp³-hybridized carbons (Fsp3) is 0.926. The van der Waals surface area contributed by atoms with Crippen molar-refractivity contribution >= 4 is 23.7 Å². The molecule has 0 aromatic rings. The summed E-state index contributed by atoms with van der Waals surface area (Å²) in [6.45, 7) is 8.13. The standard InChI is InChI=1S/C54H103N3O9/c1-5-7-9-11-13-15-17-19-21-23-25-27-29-31-33-37-41-57(48(60)39-34-32-30-28-26-24-22-20-18-16-14-12-10-8-6-2)54-50(52(64)51(63)46(43-58)66-54)56-53(65)45(42-44(3)4)55-47(59)38-35-36-40-49(61)62/h44-46,50-52,54,58,63-64H,5-43H2,1-4H3,(H,55,59)(H,56,65)(H,61,62)/t45-,46+,50+,51+,52+,54+/m0/s1. The first-order chi connectivity index (χ1) is 32.0. The van der Waals surface area contributed by atoms with Crippen LogP contribution in [0.25, 0.3) is 0 Å². The van der Waals surface area contributed by atoms with Crippen molar-refractivity contribution in [3.63, 3.8) is 0 Å². The summed E-state index contributed by atoms with van der Waals surface area (Å²) >= 11 is 0. The van der Waals surface area contributed by atoms with Gasteiger partial charge in [0.25, 0.3) is 0 Å². The normalized spacial score (nSPS) is 18.9. The molecule has 1 saturated heterocycles. The molecular formula is C54H103N3O9. The molecule has 1 aliphatic heterocycles. The van der Waals surface area contributed by atoms with Crippen LogP contribution in [0.4, 0.5) is 0 Å². The maximum atomic E-state index is 14.2. The van der Waals surface area contributed by atoms with Crippen LogP contribution in [0.15, 0.2) is 0 Å². The number of nitrogens with one attached hydrogen (secondary N) is 2. The Labute approximate surface area is 403 Å². The van der Waals surface area contributed by atoms with Crippen molar-refractivity contribution in [3.05, 3.63) is 0 Å². The number of carbonyl (C=O) groups excluding carboxylic acids is 3. The highest BCUT2D eigenvalue weighted by Gasteiger charge is 2.48. The van der Waals surface area contributed by atoms with Gasteiger partial charge in [0.05, 0.1) is 6.61 Å². The third-order valence-electron chi connectivity index (χ3n) is 13.5. The Kier molecular flexibility index (Phi) is 39.0. The first kappa shape index (κ1) is 61.7. The number of aliphatic carboxylic acids is 1. The largest absolute Gasteiger partial charge is 0.481 e. The monoisotopic (exact) mass is 938 g/mol. The van der Waals surface area contributed by atoms with Crippen molar-refractivity contribution in [1.29, 1.82) is 0 Å². The van der Waals surface area contributed by atoms with Crippen LogP contribution in [0, 0.1) is 5.92 Å². The maximum Gasteiger partial charge on any atom is 0.303 e. The predicted molar refractivity (Wildman–Crippen MR) is 268 cm³/mol. The molecule has 0 aromatic heterocycles. The molecule has 0 unspecified atom stereocenters. The summed E-state index contributed by atoms with van der Waals surface area (Å²) in [6.07, 6.45) is 33.8. The second-order valence-electron chi connectivity index (χ2n) is 20.2. The lowest BCUT2D eigenvalue weighted by molar-refractivity contribution is -0.231. The summed E-state index contributed by atoms with van der Waals surface area (Å²) in [6, 6.07) is -2.19. The summed E-state index contributed by atoms with van der Waals surface area (Å²) in [5.41, 5.74) is 0. The van der Waals surface area contributed by atoms with Crippen LogP contribution in [0.3, 0.4) is 0 Å². The Morgan fingerprint density at radius 3 is 1.35 bits per heavy atom. The summed E-state index contributed by atoms with van der Waals surface area (Å²) < 4.78 is 6.24. The third kappa shape index (κ3) is 31.0. The number of hydrogen-bond acceptors (Lipinski definition) is 8. The van der Waals surface area contributed by atoms with E-state index in [-0.39, 0.29) is 37.0 Å². The van der Waals surface area contributed by atoms with Gasteiger partial charge in [-0.2, -0.15) is 0 Å². The number of aliphatic hydroxyl groups excluding tert-OH is 3. The number of hydrogen-bond donors (Lipinski definition) is 6. The molecule has 0 bridgehead atoms. The van der Waals surface area contributed by atoms with Gasteiger partial charge in [-0.25, -0.2) is 0 Å². The Morgan fingerprint density at radius 2 is 0.939 bits per heavy atom. The van der Waals surface area contributed by atoms with Gasteiger partial charge < -0.3 is 40.7 Å². The van der Waals surface area contributed by atoms with Gasteiger partial charge in [-0.15, -0.1) is 0 Å². The molecule has 12 heteroatoms. The molecule has 0 saturated carbocycles. The molecule has 6 N–H and O–H groups in total. The number of carbonyl (C=O) groups is 4. The first-order valence-electron chi connectivity index (χ1n) is 27.7. The minimum absolute atomic E-state index is 0.0173. The number of ether oxygens (including phenoxy) is 1.